The minimum atomic E-state index is -0.884. The number of aromatic nitrogens is 4. The molecule has 0 atom stereocenters. The number of hydrogen-bond acceptors (Lipinski definition) is 6. The summed E-state index contributed by atoms with van der Waals surface area (Å²) in [4.78, 5) is 32.3. The maximum absolute atomic E-state index is 13.1. The van der Waals surface area contributed by atoms with E-state index in [1.165, 1.54) is 0 Å². The van der Waals surface area contributed by atoms with E-state index in [2.05, 4.69) is 34.0 Å². The summed E-state index contributed by atoms with van der Waals surface area (Å²) in [7, 11) is 0. The molecule has 0 radical (unpaired) electrons. The molecule has 3 aromatic rings. The van der Waals surface area contributed by atoms with Gasteiger partial charge in [-0.2, -0.15) is 5.10 Å². The molecular formula is C21H21N5O3. The number of carbonyl (C=O) groups is 2. The molecule has 4 rings (SSSR count). The van der Waals surface area contributed by atoms with Crippen LogP contribution in [0.15, 0.2) is 30.5 Å². The first kappa shape index (κ1) is 18.8. The molecule has 148 valence electrons. The van der Waals surface area contributed by atoms with Gasteiger partial charge in [0.1, 0.15) is 11.4 Å². The summed E-state index contributed by atoms with van der Waals surface area (Å²) in [5.41, 5.74) is 10.5. The first-order valence-electron chi connectivity index (χ1n) is 9.28. The van der Waals surface area contributed by atoms with Crippen molar-refractivity contribution in [1.82, 2.24) is 20.2 Å². The minimum absolute atomic E-state index is 0.0408. The molecule has 0 fully saturated rings. The van der Waals surface area contributed by atoms with Crippen molar-refractivity contribution in [2.24, 2.45) is 0 Å². The van der Waals surface area contributed by atoms with E-state index in [0.29, 0.717) is 29.1 Å². The molecule has 2 aromatic heterocycles. The number of carboxylic acids is 1. The van der Waals surface area contributed by atoms with Crippen LogP contribution in [0.3, 0.4) is 0 Å². The Hall–Kier alpha value is -3.55. The van der Waals surface area contributed by atoms with Crippen LogP contribution in [-0.4, -0.2) is 37.0 Å². The van der Waals surface area contributed by atoms with Crippen molar-refractivity contribution in [2.75, 3.05) is 5.73 Å². The highest BCUT2D eigenvalue weighted by molar-refractivity contribution is 5.99. The van der Waals surface area contributed by atoms with Gasteiger partial charge in [0.2, 0.25) is 5.95 Å². The molecule has 8 heteroatoms. The Morgan fingerprint density at radius 2 is 1.79 bits per heavy atom. The van der Waals surface area contributed by atoms with Crippen molar-refractivity contribution in [3.05, 3.63) is 58.4 Å². The van der Waals surface area contributed by atoms with Crippen LogP contribution >= 0.6 is 0 Å². The summed E-state index contributed by atoms with van der Waals surface area (Å²) in [5, 5.41) is 16.2. The zero-order valence-electron chi connectivity index (χ0n) is 16.2. The third kappa shape index (κ3) is 3.49. The van der Waals surface area contributed by atoms with Gasteiger partial charge < -0.3 is 10.8 Å². The van der Waals surface area contributed by atoms with E-state index in [-0.39, 0.29) is 30.0 Å². The standard InChI is InChI=1S/C21H21N5O3/c1-21(2)9-13-10-23-20(22)24-17(13)19-16(21)18(25-26-19)14(27)7-11-3-5-12(6-4-11)8-15(28)29/h3-6,10H,7-9H2,1-2H3,(H,25,26)(H,28,29)(H2,22,23,24). The Bertz CT molecular complexity index is 1120. The number of nitrogen functional groups attached to an aromatic ring is 1. The second-order valence-electron chi connectivity index (χ2n) is 7.97. The molecule has 2 heterocycles. The molecule has 1 aromatic carbocycles. The quantitative estimate of drug-likeness (QED) is 0.568. The normalized spacial score (nSPS) is 14.1. The van der Waals surface area contributed by atoms with Crippen LogP contribution in [0.5, 0.6) is 0 Å². The molecule has 0 amide bonds. The summed E-state index contributed by atoms with van der Waals surface area (Å²) >= 11 is 0. The maximum atomic E-state index is 13.1. The minimum Gasteiger partial charge on any atom is -0.481 e. The lowest BCUT2D eigenvalue weighted by atomic mass is 9.72. The van der Waals surface area contributed by atoms with E-state index in [1.807, 2.05) is 0 Å². The average molecular weight is 391 g/mol. The zero-order valence-corrected chi connectivity index (χ0v) is 16.2. The number of hydrogen-bond donors (Lipinski definition) is 3. The second kappa shape index (κ2) is 6.80. The number of aliphatic carboxylic acids is 1. The lowest BCUT2D eigenvalue weighted by Gasteiger charge is -2.30. The lowest BCUT2D eigenvalue weighted by Crippen LogP contribution is -2.28. The van der Waals surface area contributed by atoms with Crippen LogP contribution in [-0.2, 0) is 29.5 Å². The van der Waals surface area contributed by atoms with Gasteiger partial charge in [-0.05, 0) is 28.5 Å². The van der Waals surface area contributed by atoms with E-state index in [4.69, 9.17) is 10.8 Å². The molecule has 1 aliphatic carbocycles. The number of nitrogens with zero attached hydrogens (tertiary/aromatic N) is 3. The number of nitrogens with one attached hydrogen (secondary N) is 1. The van der Waals surface area contributed by atoms with E-state index in [1.54, 1.807) is 30.5 Å². The third-order valence-electron chi connectivity index (χ3n) is 5.20. The molecule has 0 saturated heterocycles. The van der Waals surface area contributed by atoms with E-state index in [0.717, 1.165) is 16.7 Å². The molecular weight excluding hydrogens is 370 g/mol. The first-order chi connectivity index (χ1) is 13.7. The molecule has 0 spiro atoms. The number of H-pyrrole nitrogens is 1. The van der Waals surface area contributed by atoms with Crippen LogP contribution in [0.1, 0.15) is 46.6 Å². The first-order valence-corrected chi connectivity index (χ1v) is 9.28. The molecule has 4 N–H and O–H groups in total. The van der Waals surface area contributed by atoms with Crippen molar-refractivity contribution < 1.29 is 14.7 Å². The molecule has 0 unspecified atom stereocenters. The summed E-state index contributed by atoms with van der Waals surface area (Å²) < 4.78 is 0. The Kier molecular flexibility index (Phi) is 4.41. The predicted molar refractivity (Wildman–Crippen MR) is 107 cm³/mol. The van der Waals surface area contributed by atoms with Gasteiger partial charge in [0.15, 0.2) is 5.78 Å². The van der Waals surface area contributed by atoms with Gasteiger partial charge in [-0.3, -0.25) is 14.7 Å². The summed E-state index contributed by atoms with van der Waals surface area (Å²) in [6.45, 7) is 4.14. The number of ketones is 1. The van der Waals surface area contributed by atoms with Crippen molar-refractivity contribution >= 4 is 17.7 Å². The number of Topliss-reactive ketones (excluding diaryl/α,β-unsaturated/α-hetero) is 1. The second-order valence-corrected chi connectivity index (χ2v) is 7.97. The number of carboxylic acid groups (broad SMARTS) is 1. The van der Waals surface area contributed by atoms with E-state index < -0.39 is 5.97 Å². The number of carbonyl (C=O) groups excluding carboxylic acids is 1. The molecule has 29 heavy (non-hydrogen) atoms. The summed E-state index contributed by atoms with van der Waals surface area (Å²) in [6.07, 6.45) is 2.55. The van der Waals surface area contributed by atoms with Gasteiger partial charge >= 0.3 is 5.97 Å². The van der Waals surface area contributed by atoms with Crippen molar-refractivity contribution in [2.45, 2.75) is 38.5 Å². The Labute approximate surface area is 167 Å². The number of rotatable bonds is 5. The molecule has 1 aliphatic rings. The van der Waals surface area contributed by atoms with Gasteiger partial charge in [-0.15, -0.1) is 0 Å². The Balaban J connectivity index is 1.65. The zero-order chi connectivity index (χ0) is 20.8. The number of benzene rings is 1. The van der Waals surface area contributed by atoms with Crippen LogP contribution in [0, 0.1) is 0 Å². The Morgan fingerprint density at radius 1 is 1.14 bits per heavy atom. The molecule has 0 bridgehead atoms. The maximum Gasteiger partial charge on any atom is 0.307 e. The largest absolute Gasteiger partial charge is 0.481 e. The topological polar surface area (TPSA) is 135 Å². The van der Waals surface area contributed by atoms with Gasteiger partial charge in [0, 0.05) is 18.2 Å². The van der Waals surface area contributed by atoms with Crippen molar-refractivity contribution in [3.8, 4) is 11.4 Å². The fraction of sp³-hybridized carbons (Fsp3) is 0.286. The van der Waals surface area contributed by atoms with E-state index >= 15 is 0 Å². The van der Waals surface area contributed by atoms with Crippen LogP contribution in [0.4, 0.5) is 5.95 Å². The SMILES string of the molecule is CC1(C)Cc2cnc(N)nc2-c2n[nH]c(C(=O)Cc3ccc(CC(=O)O)cc3)c21. The van der Waals surface area contributed by atoms with Gasteiger partial charge in [-0.1, -0.05) is 38.1 Å². The molecule has 8 nitrogen and oxygen atoms in total. The summed E-state index contributed by atoms with van der Waals surface area (Å²) in [6, 6.07) is 7.04. The van der Waals surface area contributed by atoms with Crippen molar-refractivity contribution in [1.29, 1.82) is 0 Å². The number of aromatic amines is 1. The van der Waals surface area contributed by atoms with Crippen LogP contribution < -0.4 is 5.73 Å². The van der Waals surface area contributed by atoms with E-state index in [9.17, 15) is 9.59 Å². The fourth-order valence-corrected chi connectivity index (χ4v) is 3.92. The van der Waals surface area contributed by atoms with Gasteiger partial charge in [-0.25, -0.2) is 9.97 Å². The van der Waals surface area contributed by atoms with Crippen LogP contribution in [0.2, 0.25) is 0 Å². The summed E-state index contributed by atoms with van der Waals surface area (Å²) in [5.74, 6) is -0.792. The van der Waals surface area contributed by atoms with Gasteiger partial charge in [0.25, 0.3) is 0 Å². The highest BCUT2D eigenvalue weighted by Gasteiger charge is 2.38. The number of fused-ring (bicyclic) bond motifs is 3. The highest BCUT2D eigenvalue weighted by atomic mass is 16.4. The van der Waals surface area contributed by atoms with Gasteiger partial charge in [0.05, 0.1) is 12.1 Å². The third-order valence-corrected chi connectivity index (χ3v) is 5.20. The number of anilines is 1. The van der Waals surface area contributed by atoms with Crippen molar-refractivity contribution in [3.63, 3.8) is 0 Å². The monoisotopic (exact) mass is 391 g/mol. The fourth-order valence-electron chi connectivity index (χ4n) is 3.92. The molecule has 0 saturated carbocycles. The molecule has 0 aliphatic heterocycles. The predicted octanol–water partition coefficient (Wildman–Crippen LogP) is 2.34. The number of nitrogens with two attached hydrogens (primary N) is 1. The lowest BCUT2D eigenvalue weighted by molar-refractivity contribution is -0.136. The highest BCUT2D eigenvalue weighted by Crippen LogP contribution is 2.42. The smallest absolute Gasteiger partial charge is 0.307 e. The average Bonchev–Trinajstić information content (AvgIpc) is 3.10. The van der Waals surface area contributed by atoms with Crippen LogP contribution in [0.25, 0.3) is 11.4 Å². The Morgan fingerprint density at radius 3 is 2.45 bits per heavy atom.